The summed E-state index contributed by atoms with van der Waals surface area (Å²) in [5.74, 6) is -0.0287. The van der Waals surface area contributed by atoms with Gasteiger partial charge in [-0.2, -0.15) is 0 Å². The zero-order valence-corrected chi connectivity index (χ0v) is 8.76. The van der Waals surface area contributed by atoms with Crippen LogP contribution in [0.4, 0.5) is 5.69 Å². The van der Waals surface area contributed by atoms with Crippen LogP contribution in [0.3, 0.4) is 0 Å². The normalized spacial score (nSPS) is 13.1. The summed E-state index contributed by atoms with van der Waals surface area (Å²) < 4.78 is 0. The van der Waals surface area contributed by atoms with Crippen molar-refractivity contribution in [2.24, 2.45) is 0 Å². The second-order valence-electron chi connectivity index (χ2n) is 3.58. The van der Waals surface area contributed by atoms with Crippen molar-refractivity contribution in [2.75, 3.05) is 25.6 Å². The summed E-state index contributed by atoms with van der Waals surface area (Å²) in [5.41, 5.74) is 3.11. The van der Waals surface area contributed by atoms with Crippen LogP contribution in [0.5, 0.6) is 0 Å². The van der Waals surface area contributed by atoms with Gasteiger partial charge in [0, 0.05) is 17.8 Å². The van der Waals surface area contributed by atoms with E-state index in [1.165, 1.54) is 5.56 Å². The molecule has 0 aromatic heterocycles. The Labute approximate surface area is 89.1 Å². The number of rotatable bonds is 3. The van der Waals surface area contributed by atoms with Gasteiger partial charge in [-0.3, -0.25) is 4.79 Å². The highest BCUT2D eigenvalue weighted by molar-refractivity contribution is 5.95. The molecule has 4 nitrogen and oxygen atoms in total. The molecule has 0 atom stereocenters. The van der Waals surface area contributed by atoms with E-state index >= 15 is 0 Å². The predicted molar refractivity (Wildman–Crippen MR) is 60.0 cm³/mol. The molecule has 15 heavy (non-hydrogen) atoms. The standard InChI is InChI=1S/C11H15N3O/c1-12-7-14-11(15)9-2-3-10-8(6-9)4-5-13-10/h2-3,6,12-13H,4-5,7H2,1H3,(H,14,15). The highest BCUT2D eigenvalue weighted by Crippen LogP contribution is 2.22. The van der Waals surface area contributed by atoms with Gasteiger partial charge in [0.05, 0.1) is 6.67 Å². The van der Waals surface area contributed by atoms with Gasteiger partial charge in [-0.05, 0) is 37.2 Å². The van der Waals surface area contributed by atoms with E-state index in [0.29, 0.717) is 6.67 Å². The average molecular weight is 205 g/mol. The maximum Gasteiger partial charge on any atom is 0.252 e. The maximum absolute atomic E-state index is 11.6. The van der Waals surface area contributed by atoms with Gasteiger partial charge in [-0.25, -0.2) is 0 Å². The number of benzene rings is 1. The van der Waals surface area contributed by atoms with Crippen LogP contribution in [0.15, 0.2) is 18.2 Å². The first-order valence-electron chi connectivity index (χ1n) is 5.11. The molecule has 3 N–H and O–H groups in total. The van der Waals surface area contributed by atoms with Gasteiger partial charge in [-0.1, -0.05) is 0 Å². The lowest BCUT2D eigenvalue weighted by Gasteiger charge is -2.06. The Bertz CT molecular complexity index is 376. The molecule has 0 aliphatic carbocycles. The van der Waals surface area contributed by atoms with Crippen LogP contribution in [0.1, 0.15) is 15.9 Å². The van der Waals surface area contributed by atoms with Crippen molar-refractivity contribution in [1.29, 1.82) is 0 Å². The molecular weight excluding hydrogens is 190 g/mol. The Morgan fingerprint density at radius 3 is 3.20 bits per heavy atom. The van der Waals surface area contributed by atoms with Crippen LogP contribution in [0, 0.1) is 0 Å². The topological polar surface area (TPSA) is 53.2 Å². The fraction of sp³-hybridized carbons (Fsp3) is 0.364. The van der Waals surface area contributed by atoms with Gasteiger partial charge >= 0.3 is 0 Å². The average Bonchev–Trinajstić information content (AvgIpc) is 2.72. The van der Waals surface area contributed by atoms with Crippen LogP contribution >= 0.6 is 0 Å². The van der Waals surface area contributed by atoms with Crippen LogP contribution in [0.25, 0.3) is 0 Å². The first-order chi connectivity index (χ1) is 7.31. The third-order valence-corrected chi connectivity index (χ3v) is 2.50. The summed E-state index contributed by atoms with van der Waals surface area (Å²) in [6.07, 6.45) is 1.00. The summed E-state index contributed by atoms with van der Waals surface area (Å²) >= 11 is 0. The van der Waals surface area contributed by atoms with Crippen molar-refractivity contribution >= 4 is 11.6 Å². The number of carbonyl (C=O) groups excluding carboxylic acids is 1. The van der Waals surface area contributed by atoms with Gasteiger partial charge in [0.25, 0.3) is 5.91 Å². The van der Waals surface area contributed by atoms with Gasteiger partial charge in [0.15, 0.2) is 0 Å². The number of nitrogens with one attached hydrogen (secondary N) is 3. The lowest BCUT2D eigenvalue weighted by molar-refractivity contribution is 0.0951. The molecule has 0 radical (unpaired) electrons. The Kier molecular flexibility index (Phi) is 2.87. The van der Waals surface area contributed by atoms with Gasteiger partial charge in [0.2, 0.25) is 0 Å². The fourth-order valence-electron chi connectivity index (χ4n) is 1.72. The van der Waals surface area contributed by atoms with Crippen molar-refractivity contribution in [2.45, 2.75) is 6.42 Å². The third-order valence-electron chi connectivity index (χ3n) is 2.50. The Hall–Kier alpha value is -1.55. The van der Waals surface area contributed by atoms with Crippen molar-refractivity contribution in [3.63, 3.8) is 0 Å². The second-order valence-corrected chi connectivity index (χ2v) is 3.58. The predicted octanol–water partition coefficient (Wildman–Crippen LogP) is 0.561. The minimum Gasteiger partial charge on any atom is -0.384 e. The minimum absolute atomic E-state index is 0.0287. The molecule has 1 heterocycles. The summed E-state index contributed by atoms with van der Waals surface area (Å²) in [7, 11) is 1.80. The molecule has 0 bridgehead atoms. The van der Waals surface area contributed by atoms with E-state index in [9.17, 15) is 4.79 Å². The molecule has 1 aliphatic heterocycles. The SMILES string of the molecule is CNCNC(=O)c1ccc2c(c1)CCN2. The highest BCUT2D eigenvalue weighted by Gasteiger charge is 2.12. The van der Waals surface area contributed by atoms with E-state index in [1.54, 1.807) is 7.05 Å². The van der Waals surface area contributed by atoms with Crippen LogP contribution in [-0.4, -0.2) is 26.2 Å². The molecule has 0 spiro atoms. The maximum atomic E-state index is 11.6. The Morgan fingerprint density at radius 2 is 2.40 bits per heavy atom. The van der Waals surface area contributed by atoms with Crippen LogP contribution in [0.2, 0.25) is 0 Å². The largest absolute Gasteiger partial charge is 0.384 e. The number of hydrogen-bond acceptors (Lipinski definition) is 3. The monoisotopic (exact) mass is 205 g/mol. The number of hydrogen-bond donors (Lipinski definition) is 3. The van der Waals surface area contributed by atoms with Crippen molar-refractivity contribution in [1.82, 2.24) is 10.6 Å². The van der Waals surface area contributed by atoms with Gasteiger partial charge in [-0.15, -0.1) is 0 Å². The first-order valence-corrected chi connectivity index (χ1v) is 5.11. The van der Waals surface area contributed by atoms with E-state index in [2.05, 4.69) is 16.0 Å². The lowest BCUT2D eigenvalue weighted by Crippen LogP contribution is -2.31. The molecule has 80 valence electrons. The lowest BCUT2D eigenvalue weighted by atomic mass is 10.1. The molecule has 0 saturated heterocycles. The van der Waals surface area contributed by atoms with E-state index in [-0.39, 0.29) is 5.91 Å². The molecule has 1 aliphatic rings. The van der Waals surface area contributed by atoms with E-state index in [0.717, 1.165) is 24.2 Å². The van der Waals surface area contributed by atoms with Crippen molar-refractivity contribution in [3.8, 4) is 0 Å². The van der Waals surface area contributed by atoms with Crippen molar-refractivity contribution < 1.29 is 4.79 Å². The molecule has 0 saturated carbocycles. The van der Waals surface area contributed by atoms with Crippen LogP contribution < -0.4 is 16.0 Å². The van der Waals surface area contributed by atoms with Gasteiger partial charge < -0.3 is 16.0 Å². The third kappa shape index (κ3) is 2.10. The highest BCUT2D eigenvalue weighted by atomic mass is 16.1. The van der Waals surface area contributed by atoms with Crippen molar-refractivity contribution in [3.05, 3.63) is 29.3 Å². The quantitative estimate of drug-likeness (QED) is 0.632. The van der Waals surface area contributed by atoms with Crippen LogP contribution in [-0.2, 0) is 6.42 Å². The minimum atomic E-state index is -0.0287. The second kappa shape index (κ2) is 4.31. The molecule has 2 rings (SSSR count). The zero-order valence-electron chi connectivity index (χ0n) is 8.76. The molecule has 0 fully saturated rings. The summed E-state index contributed by atoms with van der Waals surface area (Å²) in [5, 5.41) is 8.91. The summed E-state index contributed by atoms with van der Waals surface area (Å²) in [6.45, 7) is 1.46. The fourth-order valence-corrected chi connectivity index (χ4v) is 1.72. The molecular formula is C11H15N3O. The zero-order chi connectivity index (χ0) is 10.7. The Balaban J connectivity index is 2.12. The smallest absolute Gasteiger partial charge is 0.252 e. The molecule has 0 unspecified atom stereocenters. The molecule has 1 aromatic carbocycles. The Morgan fingerprint density at radius 1 is 1.53 bits per heavy atom. The molecule has 4 heteroatoms. The first kappa shape index (κ1) is 9.98. The van der Waals surface area contributed by atoms with E-state index < -0.39 is 0 Å². The molecule has 1 amide bonds. The summed E-state index contributed by atoms with van der Waals surface area (Å²) in [4.78, 5) is 11.6. The van der Waals surface area contributed by atoms with E-state index in [1.807, 2.05) is 18.2 Å². The summed E-state index contributed by atoms with van der Waals surface area (Å²) in [6, 6.07) is 5.78. The van der Waals surface area contributed by atoms with Gasteiger partial charge in [0.1, 0.15) is 0 Å². The molecule has 1 aromatic rings. The number of carbonyl (C=O) groups is 1. The number of amides is 1. The van der Waals surface area contributed by atoms with E-state index in [4.69, 9.17) is 0 Å². The number of anilines is 1. The number of fused-ring (bicyclic) bond motifs is 1.